The summed E-state index contributed by atoms with van der Waals surface area (Å²) < 4.78 is 4.73. The summed E-state index contributed by atoms with van der Waals surface area (Å²) in [7, 11) is 1.52. The smallest absolute Gasteiger partial charge is 0.245 e. The quantitative estimate of drug-likeness (QED) is 0.684. The Morgan fingerprint density at radius 2 is 2.21 bits per heavy atom. The van der Waals surface area contributed by atoms with Crippen molar-refractivity contribution in [1.82, 2.24) is 5.32 Å². The molecule has 3 N–H and O–H groups in total. The highest BCUT2D eigenvalue weighted by atomic mass is 16.5. The monoisotopic (exact) mass is 200 g/mol. The Morgan fingerprint density at radius 3 is 2.86 bits per heavy atom. The summed E-state index contributed by atoms with van der Waals surface area (Å²) in [6.45, 7) is 0.839. The number of nitrogens with two attached hydrogens (primary N) is 1. The molecule has 1 saturated carbocycles. The van der Waals surface area contributed by atoms with Crippen LogP contribution in [-0.2, 0) is 9.53 Å². The zero-order chi connectivity index (χ0) is 10.4. The van der Waals surface area contributed by atoms with E-state index < -0.39 is 0 Å². The average Bonchev–Trinajstić information content (AvgIpc) is 2.17. The fourth-order valence-electron chi connectivity index (χ4n) is 1.92. The molecule has 1 aliphatic rings. The van der Waals surface area contributed by atoms with Crippen LogP contribution >= 0.6 is 0 Å². The van der Waals surface area contributed by atoms with Crippen LogP contribution in [0.2, 0.25) is 0 Å². The van der Waals surface area contributed by atoms with Gasteiger partial charge in [-0.2, -0.15) is 0 Å². The molecular formula is C10H20N2O2. The molecule has 1 amide bonds. The predicted molar refractivity (Wildman–Crippen MR) is 54.8 cm³/mol. The van der Waals surface area contributed by atoms with Crippen molar-refractivity contribution in [2.24, 2.45) is 11.7 Å². The zero-order valence-electron chi connectivity index (χ0n) is 8.79. The second-order valence-corrected chi connectivity index (χ2v) is 3.95. The van der Waals surface area contributed by atoms with Gasteiger partial charge in [0.15, 0.2) is 0 Å². The third kappa shape index (κ3) is 3.64. The van der Waals surface area contributed by atoms with Gasteiger partial charge in [-0.25, -0.2) is 0 Å². The van der Waals surface area contributed by atoms with Gasteiger partial charge in [0.1, 0.15) is 6.61 Å². The highest BCUT2D eigenvalue weighted by Crippen LogP contribution is 2.21. The molecule has 0 heterocycles. The number of hydrogen-bond acceptors (Lipinski definition) is 3. The van der Waals surface area contributed by atoms with Gasteiger partial charge in [0, 0.05) is 19.7 Å². The standard InChI is InChI=1S/C10H20N2O2/c1-14-7-10(13)12-6-8-4-2-3-5-9(8)11/h8-9H,2-7,11H2,1H3,(H,12,13). The van der Waals surface area contributed by atoms with Crippen molar-refractivity contribution < 1.29 is 9.53 Å². The third-order valence-corrected chi connectivity index (χ3v) is 2.80. The van der Waals surface area contributed by atoms with Gasteiger partial charge in [-0.1, -0.05) is 12.8 Å². The number of carbonyl (C=O) groups excluding carboxylic acids is 1. The van der Waals surface area contributed by atoms with Crippen LogP contribution in [0.4, 0.5) is 0 Å². The first kappa shape index (κ1) is 11.5. The fraction of sp³-hybridized carbons (Fsp3) is 0.900. The van der Waals surface area contributed by atoms with E-state index in [-0.39, 0.29) is 18.6 Å². The molecule has 0 saturated heterocycles. The molecule has 2 atom stereocenters. The molecule has 4 heteroatoms. The van der Waals surface area contributed by atoms with Crippen LogP contribution in [0, 0.1) is 5.92 Å². The van der Waals surface area contributed by atoms with Crippen LogP contribution in [0.25, 0.3) is 0 Å². The lowest BCUT2D eigenvalue weighted by Gasteiger charge is -2.28. The van der Waals surface area contributed by atoms with Crippen LogP contribution in [0.3, 0.4) is 0 Å². The summed E-state index contributed by atoms with van der Waals surface area (Å²) in [5, 5.41) is 2.84. The molecule has 0 aromatic carbocycles. The topological polar surface area (TPSA) is 64.3 Å². The Labute approximate surface area is 85.2 Å². The molecule has 0 aliphatic heterocycles. The van der Waals surface area contributed by atoms with Crippen molar-refractivity contribution in [1.29, 1.82) is 0 Å². The maximum absolute atomic E-state index is 11.1. The summed E-state index contributed by atoms with van der Waals surface area (Å²) in [5.74, 6) is 0.398. The molecule has 0 radical (unpaired) electrons. The van der Waals surface area contributed by atoms with Gasteiger partial charge in [0.2, 0.25) is 5.91 Å². The van der Waals surface area contributed by atoms with Crippen molar-refractivity contribution >= 4 is 5.91 Å². The molecule has 1 fully saturated rings. The normalized spacial score (nSPS) is 27.3. The largest absolute Gasteiger partial charge is 0.375 e. The molecule has 0 bridgehead atoms. The van der Waals surface area contributed by atoms with E-state index in [2.05, 4.69) is 5.32 Å². The van der Waals surface area contributed by atoms with Gasteiger partial charge in [-0.3, -0.25) is 4.79 Å². The molecule has 4 nitrogen and oxygen atoms in total. The first-order chi connectivity index (χ1) is 6.74. The van der Waals surface area contributed by atoms with Gasteiger partial charge in [-0.05, 0) is 18.8 Å². The van der Waals surface area contributed by atoms with Crippen LogP contribution in [-0.4, -0.2) is 32.2 Å². The van der Waals surface area contributed by atoms with E-state index >= 15 is 0 Å². The van der Waals surface area contributed by atoms with Crippen molar-refractivity contribution in [2.45, 2.75) is 31.7 Å². The fourth-order valence-corrected chi connectivity index (χ4v) is 1.92. The lowest BCUT2D eigenvalue weighted by atomic mass is 9.85. The summed E-state index contributed by atoms with van der Waals surface area (Å²) in [6.07, 6.45) is 4.68. The molecule has 14 heavy (non-hydrogen) atoms. The number of hydrogen-bond donors (Lipinski definition) is 2. The van der Waals surface area contributed by atoms with Crippen molar-refractivity contribution in [3.05, 3.63) is 0 Å². The number of methoxy groups -OCH3 is 1. The van der Waals surface area contributed by atoms with Crippen LogP contribution in [0.15, 0.2) is 0 Å². The molecule has 0 spiro atoms. The lowest BCUT2D eigenvalue weighted by molar-refractivity contribution is -0.124. The van der Waals surface area contributed by atoms with Crippen LogP contribution < -0.4 is 11.1 Å². The first-order valence-corrected chi connectivity index (χ1v) is 5.25. The predicted octanol–water partition coefficient (Wildman–Crippen LogP) is 0.267. The van der Waals surface area contributed by atoms with Crippen LogP contribution in [0.5, 0.6) is 0 Å². The van der Waals surface area contributed by atoms with E-state index in [0.717, 1.165) is 12.8 Å². The minimum Gasteiger partial charge on any atom is -0.375 e. The average molecular weight is 200 g/mol. The summed E-state index contributed by atoms with van der Waals surface area (Å²) >= 11 is 0. The second kappa shape index (κ2) is 5.98. The number of carbonyl (C=O) groups is 1. The van der Waals surface area contributed by atoms with Crippen molar-refractivity contribution in [2.75, 3.05) is 20.3 Å². The Morgan fingerprint density at radius 1 is 1.50 bits per heavy atom. The Hall–Kier alpha value is -0.610. The molecule has 2 unspecified atom stereocenters. The highest BCUT2D eigenvalue weighted by molar-refractivity contribution is 5.77. The minimum absolute atomic E-state index is 0.0507. The van der Waals surface area contributed by atoms with Gasteiger partial charge < -0.3 is 15.8 Å². The molecule has 1 rings (SSSR count). The minimum atomic E-state index is -0.0507. The van der Waals surface area contributed by atoms with Crippen molar-refractivity contribution in [3.63, 3.8) is 0 Å². The Balaban J connectivity index is 2.19. The maximum Gasteiger partial charge on any atom is 0.245 e. The molecule has 1 aliphatic carbocycles. The van der Waals surface area contributed by atoms with Gasteiger partial charge in [-0.15, -0.1) is 0 Å². The summed E-state index contributed by atoms with van der Waals surface area (Å²) in [4.78, 5) is 11.1. The lowest BCUT2D eigenvalue weighted by Crippen LogP contribution is -2.41. The third-order valence-electron chi connectivity index (χ3n) is 2.80. The van der Waals surface area contributed by atoms with Gasteiger partial charge in [0.25, 0.3) is 0 Å². The number of ether oxygens (including phenoxy) is 1. The number of nitrogens with one attached hydrogen (secondary N) is 1. The van der Waals surface area contributed by atoms with Crippen molar-refractivity contribution in [3.8, 4) is 0 Å². The first-order valence-electron chi connectivity index (χ1n) is 5.25. The van der Waals surface area contributed by atoms with Crippen LogP contribution in [0.1, 0.15) is 25.7 Å². The molecule has 0 aromatic rings. The van der Waals surface area contributed by atoms with E-state index in [9.17, 15) is 4.79 Å². The molecular weight excluding hydrogens is 180 g/mol. The number of amides is 1. The second-order valence-electron chi connectivity index (χ2n) is 3.95. The summed E-state index contributed by atoms with van der Waals surface area (Å²) in [5.41, 5.74) is 5.96. The number of rotatable bonds is 4. The van der Waals surface area contributed by atoms with E-state index in [1.165, 1.54) is 20.0 Å². The molecule has 82 valence electrons. The van der Waals surface area contributed by atoms with E-state index in [1.807, 2.05) is 0 Å². The van der Waals surface area contributed by atoms with E-state index in [0.29, 0.717) is 12.5 Å². The maximum atomic E-state index is 11.1. The highest BCUT2D eigenvalue weighted by Gasteiger charge is 2.21. The van der Waals surface area contributed by atoms with E-state index in [4.69, 9.17) is 10.5 Å². The Kier molecular flexibility index (Phi) is 4.90. The zero-order valence-corrected chi connectivity index (χ0v) is 8.79. The van der Waals surface area contributed by atoms with Gasteiger partial charge >= 0.3 is 0 Å². The Bertz CT molecular complexity index is 185. The SMILES string of the molecule is COCC(=O)NCC1CCCCC1N. The van der Waals surface area contributed by atoms with E-state index in [1.54, 1.807) is 0 Å². The molecule has 0 aromatic heterocycles. The van der Waals surface area contributed by atoms with Gasteiger partial charge in [0.05, 0.1) is 0 Å². The summed E-state index contributed by atoms with van der Waals surface area (Å²) in [6, 6.07) is 0.256.